The number of aromatic nitrogens is 2. The minimum Gasteiger partial charge on any atom is -0.453 e. The highest BCUT2D eigenvalue weighted by atomic mass is 32.1. The van der Waals surface area contributed by atoms with Crippen LogP contribution in [0, 0.1) is 6.92 Å². The molecular weight excluding hydrogens is 258 g/mol. The van der Waals surface area contributed by atoms with Gasteiger partial charge in [-0.1, -0.05) is 31.3 Å². The lowest BCUT2D eigenvalue weighted by molar-refractivity contribution is 0.476. The second kappa shape index (κ2) is 5.84. The van der Waals surface area contributed by atoms with E-state index in [0.717, 1.165) is 24.1 Å². The van der Waals surface area contributed by atoms with Crippen LogP contribution in [0.2, 0.25) is 0 Å². The highest BCUT2D eigenvalue weighted by Crippen LogP contribution is 2.28. The van der Waals surface area contributed by atoms with Gasteiger partial charge in [-0.05, 0) is 25.0 Å². The minimum atomic E-state index is 0.333. The predicted molar refractivity (Wildman–Crippen MR) is 79.7 cm³/mol. The van der Waals surface area contributed by atoms with Crippen LogP contribution in [0.25, 0.3) is 0 Å². The summed E-state index contributed by atoms with van der Waals surface area (Å²) >= 11 is 5.05. The molecule has 2 rings (SSSR count). The number of hydrogen-bond donors (Lipinski definition) is 1. The summed E-state index contributed by atoms with van der Waals surface area (Å²) in [5, 5.41) is 4.23. The van der Waals surface area contributed by atoms with Gasteiger partial charge in [0.1, 0.15) is 10.7 Å². The van der Waals surface area contributed by atoms with Crippen LogP contribution in [0.15, 0.2) is 30.6 Å². The van der Waals surface area contributed by atoms with Crippen molar-refractivity contribution in [3.8, 4) is 11.5 Å². The fraction of sp³-hybridized carbons (Fsp3) is 0.286. The molecule has 5 heteroatoms. The molecule has 100 valence electrons. The Labute approximate surface area is 118 Å². The van der Waals surface area contributed by atoms with E-state index in [2.05, 4.69) is 12.0 Å². The highest BCUT2D eigenvalue weighted by molar-refractivity contribution is 7.80. The maximum absolute atomic E-state index is 5.88. The molecular formula is C14H17N3OS. The van der Waals surface area contributed by atoms with Gasteiger partial charge < -0.3 is 10.5 Å². The fourth-order valence-electron chi connectivity index (χ4n) is 1.85. The van der Waals surface area contributed by atoms with Gasteiger partial charge >= 0.3 is 0 Å². The van der Waals surface area contributed by atoms with E-state index in [9.17, 15) is 0 Å². The molecule has 2 N–H and O–H groups in total. The first kappa shape index (κ1) is 13.5. The van der Waals surface area contributed by atoms with Crippen molar-refractivity contribution >= 4 is 17.2 Å². The Kier molecular flexibility index (Phi) is 4.16. The molecule has 0 saturated heterocycles. The monoisotopic (exact) mass is 275 g/mol. The van der Waals surface area contributed by atoms with E-state index in [0.29, 0.717) is 16.5 Å². The molecule has 0 aliphatic rings. The second-order valence-corrected chi connectivity index (χ2v) is 4.80. The van der Waals surface area contributed by atoms with Gasteiger partial charge in [-0.3, -0.25) is 4.68 Å². The number of thiocarbonyl (C=S) groups is 1. The Balaban J connectivity index is 2.29. The fourth-order valence-corrected chi connectivity index (χ4v) is 2.01. The van der Waals surface area contributed by atoms with Crippen LogP contribution in [0.3, 0.4) is 0 Å². The average Bonchev–Trinajstić information content (AvgIpc) is 2.79. The molecule has 19 heavy (non-hydrogen) atoms. The largest absolute Gasteiger partial charge is 0.453 e. The van der Waals surface area contributed by atoms with E-state index in [4.69, 9.17) is 22.7 Å². The number of aryl methyl sites for hydroxylation is 2. The molecule has 1 aromatic carbocycles. The Bertz CT molecular complexity index is 592. The lowest BCUT2D eigenvalue weighted by Gasteiger charge is -2.11. The number of nitrogens with zero attached hydrogens (tertiary/aromatic N) is 2. The maximum atomic E-state index is 5.88. The average molecular weight is 275 g/mol. The zero-order valence-electron chi connectivity index (χ0n) is 11.1. The Morgan fingerprint density at radius 3 is 2.95 bits per heavy atom. The van der Waals surface area contributed by atoms with Crippen molar-refractivity contribution in [3.05, 3.63) is 41.7 Å². The van der Waals surface area contributed by atoms with Gasteiger partial charge in [0.25, 0.3) is 0 Å². The number of hydrogen-bond acceptors (Lipinski definition) is 3. The zero-order valence-corrected chi connectivity index (χ0v) is 11.9. The van der Waals surface area contributed by atoms with Crippen molar-refractivity contribution < 1.29 is 4.74 Å². The molecule has 4 nitrogen and oxygen atoms in total. The number of para-hydroxylation sites is 1. The lowest BCUT2D eigenvalue weighted by atomic mass is 10.1. The molecule has 0 spiro atoms. The van der Waals surface area contributed by atoms with E-state index in [1.54, 1.807) is 6.20 Å². The smallest absolute Gasteiger partial charge is 0.165 e. The number of rotatable bonds is 5. The molecule has 0 radical (unpaired) electrons. The molecule has 0 atom stereocenters. The zero-order chi connectivity index (χ0) is 13.8. The molecule has 1 aromatic heterocycles. The number of nitrogens with two attached hydrogens (primary N) is 1. The molecule has 0 bridgehead atoms. The van der Waals surface area contributed by atoms with Crippen LogP contribution < -0.4 is 10.5 Å². The standard InChI is InChI=1S/C14H17N3OS/c1-3-7-17-9-11(8-16-17)18-13-10(2)5-4-6-12(13)14(15)19/h4-6,8-9H,3,7H2,1-2H3,(H2,15,19). The van der Waals surface area contributed by atoms with Gasteiger partial charge in [-0.2, -0.15) is 5.10 Å². The van der Waals surface area contributed by atoms with Crippen LogP contribution in [0.5, 0.6) is 11.5 Å². The third-order valence-electron chi connectivity index (χ3n) is 2.76. The Hall–Kier alpha value is -1.88. The van der Waals surface area contributed by atoms with E-state index >= 15 is 0 Å². The summed E-state index contributed by atoms with van der Waals surface area (Å²) in [5.74, 6) is 1.39. The van der Waals surface area contributed by atoms with Crippen molar-refractivity contribution in [1.29, 1.82) is 0 Å². The minimum absolute atomic E-state index is 0.333. The topological polar surface area (TPSA) is 53.1 Å². The van der Waals surface area contributed by atoms with E-state index < -0.39 is 0 Å². The molecule has 0 amide bonds. The van der Waals surface area contributed by atoms with Crippen molar-refractivity contribution in [2.24, 2.45) is 5.73 Å². The summed E-state index contributed by atoms with van der Waals surface area (Å²) < 4.78 is 7.73. The quantitative estimate of drug-likeness (QED) is 0.852. The summed E-state index contributed by atoms with van der Waals surface area (Å²) in [4.78, 5) is 0.333. The summed E-state index contributed by atoms with van der Waals surface area (Å²) in [5.41, 5.74) is 7.46. The van der Waals surface area contributed by atoms with Crippen molar-refractivity contribution in [2.75, 3.05) is 0 Å². The van der Waals surface area contributed by atoms with Gasteiger partial charge in [0.2, 0.25) is 0 Å². The van der Waals surface area contributed by atoms with Crippen LogP contribution in [0.4, 0.5) is 0 Å². The Morgan fingerprint density at radius 2 is 2.26 bits per heavy atom. The van der Waals surface area contributed by atoms with E-state index in [-0.39, 0.29) is 0 Å². The van der Waals surface area contributed by atoms with E-state index in [1.165, 1.54) is 0 Å². The molecule has 0 saturated carbocycles. The highest BCUT2D eigenvalue weighted by Gasteiger charge is 2.11. The number of ether oxygens (including phenoxy) is 1. The molecule has 1 heterocycles. The predicted octanol–water partition coefficient (Wildman–Crippen LogP) is 3.03. The lowest BCUT2D eigenvalue weighted by Crippen LogP contribution is -2.11. The van der Waals surface area contributed by atoms with Gasteiger partial charge in [0.15, 0.2) is 5.75 Å². The summed E-state index contributed by atoms with van der Waals surface area (Å²) in [6, 6.07) is 5.74. The van der Waals surface area contributed by atoms with Crippen molar-refractivity contribution in [2.45, 2.75) is 26.8 Å². The van der Waals surface area contributed by atoms with Crippen LogP contribution >= 0.6 is 12.2 Å². The van der Waals surface area contributed by atoms with Crippen molar-refractivity contribution in [3.63, 3.8) is 0 Å². The van der Waals surface area contributed by atoms with Crippen molar-refractivity contribution in [1.82, 2.24) is 9.78 Å². The molecule has 0 aliphatic heterocycles. The van der Waals surface area contributed by atoms with Gasteiger partial charge in [0, 0.05) is 6.54 Å². The first-order chi connectivity index (χ1) is 9.11. The second-order valence-electron chi connectivity index (χ2n) is 4.36. The third-order valence-corrected chi connectivity index (χ3v) is 2.98. The molecule has 0 fully saturated rings. The molecule has 2 aromatic rings. The van der Waals surface area contributed by atoms with Gasteiger partial charge in [0.05, 0.1) is 18.0 Å². The molecule has 0 unspecified atom stereocenters. The van der Waals surface area contributed by atoms with Crippen LogP contribution in [-0.4, -0.2) is 14.8 Å². The molecule has 0 aliphatic carbocycles. The third kappa shape index (κ3) is 3.12. The first-order valence-corrected chi connectivity index (χ1v) is 6.62. The first-order valence-electron chi connectivity index (χ1n) is 6.21. The van der Waals surface area contributed by atoms with Gasteiger partial charge in [-0.15, -0.1) is 0 Å². The SMILES string of the molecule is CCCn1cc(Oc2c(C)cccc2C(N)=S)cn1. The summed E-state index contributed by atoms with van der Waals surface area (Å²) in [6.45, 7) is 4.95. The Morgan fingerprint density at radius 1 is 1.47 bits per heavy atom. The van der Waals surface area contributed by atoms with Gasteiger partial charge in [-0.25, -0.2) is 0 Å². The summed E-state index contributed by atoms with van der Waals surface area (Å²) in [6.07, 6.45) is 4.61. The maximum Gasteiger partial charge on any atom is 0.165 e. The summed E-state index contributed by atoms with van der Waals surface area (Å²) in [7, 11) is 0. The van der Waals surface area contributed by atoms with E-state index in [1.807, 2.05) is 36.0 Å². The number of benzene rings is 1. The normalized spacial score (nSPS) is 10.4. The van der Waals surface area contributed by atoms with Crippen LogP contribution in [0.1, 0.15) is 24.5 Å². The van der Waals surface area contributed by atoms with Crippen LogP contribution in [-0.2, 0) is 6.54 Å².